The van der Waals surface area contributed by atoms with Gasteiger partial charge in [0.05, 0.1) is 30.3 Å². The summed E-state index contributed by atoms with van der Waals surface area (Å²) >= 11 is 1.62. The van der Waals surface area contributed by atoms with Crippen molar-refractivity contribution in [3.05, 3.63) is 29.5 Å². The maximum absolute atomic E-state index is 5.52. The van der Waals surface area contributed by atoms with Crippen molar-refractivity contribution in [2.75, 3.05) is 46.4 Å². The number of aromatic nitrogens is 1. The molecule has 1 aliphatic rings. The van der Waals surface area contributed by atoms with E-state index in [-0.39, 0.29) is 24.0 Å². The summed E-state index contributed by atoms with van der Waals surface area (Å²) in [7, 11) is 1.77. The summed E-state index contributed by atoms with van der Waals surface area (Å²) in [4.78, 5) is 12.1. The molecule has 138 valence electrons. The molecule has 3 heterocycles. The highest BCUT2D eigenvalue weighted by molar-refractivity contribution is 14.0. The van der Waals surface area contributed by atoms with E-state index in [0.717, 1.165) is 55.9 Å². The second-order valence-corrected chi connectivity index (χ2v) is 6.38. The minimum absolute atomic E-state index is 0. The topological polar surface area (TPSA) is 74.9 Å². The lowest BCUT2D eigenvalue weighted by Crippen LogP contribution is -2.44. The van der Waals surface area contributed by atoms with Crippen LogP contribution in [0.4, 0.5) is 0 Å². The smallest absolute Gasteiger partial charge is 0.236 e. The van der Waals surface area contributed by atoms with Crippen LogP contribution in [0.2, 0.25) is 0 Å². The zero-order valence-corrected chi connectivity index (χ0v) is 17.4. The summed E-state index contributed by atoms with van der Waals surface area (Å²) in [5.41, 5.74) is 0.856. The molecule has 0 unspecified atom stereocenters. The molecule has 7 nitrogen and oxygen atoms in total. The first-order valence-corrected chi connectivity index (χ1v) is 8.96. The Kier molecular flexibility index (Phi) is 8.65. The number of ether oxygens (including phenoxy) is 1. The van der Waals surface area contributed by atoms with Crippen molar-refractivity contribution in [1.82, 2.24) is 20.5 Å². The van der Waals surface area contributed by atoms with E-state index in [1.54, 1.807) is 24.6 Å². The molecule has 0 aliphatic carbocycles. The molecule has 2 N–H and O–H groups in total. The number of nitrogens with zero attached hydrogens (tertiary/aromatic N) is 3. The first-order valence-electron chi connectivity index (χ1n) is 8.08. The van der Waals surface area contributed by atoms with Gasteiger partial charge in [0.25, 0.3) is 0 Å². The third-order valence-electron chi connectivity index (χ3n) is 3.77. The number of guanidine groups is 1. The summed E-state index contributed by atoms with van der Waals surface area (Å²) in [6, 6.07) is 3.99. The standard InChI is InChI=1S/C16H23N5O2S.HI/c1-17-16(18-4-5-21-6-8-22-9-7-21)19-11-13-12-23-15(20-13)14-3-2-10-24-14;/h2-3,10,12H,4-9,11H2,1H3,(H2,17,18,19);1H. The van der Waals surface area contributed by atoms with Gasteiger partial charge < -0.3 is 19.8 Å². The Hall–Kier alpha value is -1.17. The van der Waals surface area contributed by atoms with Crippen molar-refractivity contribution < 1.29 is 9.15 Å². The molecular formula is C16H24IN5O2S. The average Bonchev–Trinajstić information content (AvgIpc) is 3.30. The van der Waals surface area contributed by atoms with Gasteiger partial charge in [-0.25, -0.2) is 4.98 Å². The van der Waals surface area contributed by atoms with E-state index in [1.807, 2.05) is 17.5 Å². The summed E-state index contributed by atoms with van der Waals surface area (Å²) < 4.78 is 10.9. The van der Waals surface area contributed by atoms with Gasteiger partial charge in [0, 0.05) is 33.2 Å². The van der Waals surface area contributed by atoms with Crippen LogP contribution in [0.1, 0.15) is 5.69 Å². The fraction of sp³-hybridized carbons (Fsp3) is 0.500. The van der Waals surface area contributed by atoms with Crippen LogP contribution in [-0.2, 0) is 11.3 Å². The molecule has 1 aliphatic heterocycles. The Labute approximate surface area is 168 Å². The lowest BCUT2D eigenvalue weighted by atomic mass is 10.4. The van der Waals surface area contributed by atoms with Crippen molar-refractivity contribution in [2.24, 2.45) is 4.99 Å². The van der Waals surface area contributed by atoms with Crippen LogP contribution in [0.5, 0.6) is 0 Å². The third kappa shape index (κ3) is 6.24. The molecule has 1 saturated heterocycles. The Morgan fingerprint density at radius 3 is 2.92 bits per heavy atom. The molecule has 9 heteroatoms. The van der Waals surface area contributed by atoms with Gasteiger partial charge >= 0.3 is 0 Å². The van der Waals surface area contributed by atoms with Crippen LogP contribution in [0.15, 0.2) is 33.2 Å². The number of aliphatic imine (C=N–C) groups is 1. The largest absolute Gasteiger partial charge is 0.443 e. The van der Waals surface area contributed by atoms with Crippen molar-refractivity contribution in [3.63, 3.8) is 0 Å². The van der Waals surface area contributed by atoms with E-state index in [9.17, 15) is 0 Å². The van der Waals surface area contributed by atoms with E-state index in [1.165, 1.54) is 0 Å². The maximum Gasteiger partial charge on any atom is 0.236 e. The highest BCUT2D eigenvalue weighted by Gasteiger charge is 2.10. The Bertz CT molecular complexity index is 641. The van der Waals surface area contributed by atoms with Crippen molar-refractivity contribution in [2.45, 2.75) is 6.54 Å². The minimum Gasteiger partial charge on any atom is -0.443 e. The summed E-state index contributed by atoms with van der Waals surface area (Å²) in [6.07, 6.45) is 1.68. The average molecular weight is 477 g/mol. The summed E-state index contributed by atoms with van der Waals surface area (Å²) in [5.74, 6) is 1.43. The SMILES string of the molecule is CN=C(NCCN1CCOCC1)NCc1coc(-c2cccs2)n1.I. The number of morpholine rings is 1. The van der Waals surface area contributed by atoms with Crippen molar-refractivity contribution in [3.8, 4) is 10.8 Å². The maximum atomic E-state index is 5.52. The predicted octanol–water partition coefficient (Wildman–Crippen LogP) is 2.02. The second-order valence-electron chi connectivity index (χ2n) is 5.43. The van der Waals surface area contributed by atoms with Crippen LogP contribution < -0.4 is 10.6 Å². The summed E-state index contributed by atoms with van der Waals surface area (Å²) in [6.45, 7) is 6.05. The first-order chi connectivity index (χ1) is 11.8. The molecule has 0 saturated carbocycles. The van der Waals surface area contributed by atoms with E-state index < -0.39 is 0 Å². The number of thiophene rings is 1. The lowest BCUT2D eigenvalue weighted by molar-refractivity contribution is 0.0389. The van der Waals surface area contributed by atoms with Gasteiger partial charge in [-0.05, 0) is 11.4 Å². The van der Waals surface area contributed by atoms with Crippen LogP contribution >= 0.6 is 35.3 Å². The van der Waals surface area contributed by atoms with E-state index >= 15 is 0 Å². The molecule has 0 aromatic carbocycles. The molecule has 2 aromatic heterocycles. The molecule has 0 bridgehead atoms. The molecule has 0 spiro atoms. The molecule has 2 aromatic rings. The van der Waals surface area contributed by atoms with Gasteiger partial charge in [-0.3, -0.25) is 9.89 Å². The fourth-order valence-electron chi connectivity index (χ4n) is 2.45. The second kappa shape index (κ2) is 10.7. The number of nitrogens with one attached hydrogen (secondary N) is 2. The minimum atomic E-state index is 0. The quantitative estimate of drug-likeness (QED) is 0.377. The monoisotopic (exact) mass is 477 g/mol. The van der Waals surface area contributed by atoms with Crippen molar-refractivity contribution >= 4 is 41.3 Å². The highest BCUT2D eigenvalue weighted by atomic mass is 127. The van der Waals surface area contributed by atoms with E-state index in [2.05, 4.69) is 25.5 Å². The van der Waals surface area contributed by atoms with Crippen LogP contribution in [0.3, 0.4) is 0 Å². The number of halogens is 1. The Morgan fingerprint density at radius 2 is 2.20 bits per heavy atom. The molecule has 0 radical (unpaired) electrons. The van der Waals surface area contributed by atoms with Gasteiger partial charge in [0.1, 0.15) is 6.26 Å². The zero-order valence-electron chi connectivity index (χ0n) is 14.2. The van der Waals surface area contributed by atoms with Gasteiger partial charge in [-0.2, -0.15) is 0 Å². The molecule has 3 rings (SSSR count). The van der Waals surface area contributed by atoms with E-state index in [4.69, 9.17) is 9.15 Å². The number of oxazole rings is 1. The zero-order chi connectivity index (χ0) is 16.6. The molecule has 25 heavy (non-hydrogen) atoms. The molecule has 0 atom stereocenters. The van der Waals surface area contributed by atoms with Gasteiger partial charge in [0.2, 0.25) is 5.89 Å². The Balaban J connectivity index is 0.00000225. The van der Waals surface area contributed by atoms with Gasteiger partial charge in [-0.1, -0.05) is 6.07 Å². The number of hydrogen-bond donors (Lipinski definition) is 2. The molecule has 1 fully saturated rings. The van der Waals surface area contributed by atoms with Crippen LogP contribution in [-0.4, -0.2) is 62.3 Å². The fourth-order valence-corrected chi connectivity index (χ4v) is 3.11. The van der Waals surface area contributed by atoms with Gasteiger partial charge in [-0.15, -0.1) is 35.3 Å². The lowest BCUT2D eigenvalue weighted by Gasteiger charge is -2.26. The predicted molar refractivity (Wildman–Crippen MR) is 111 cm³/mol. The normalized spacial score (nSPS) is 15.6. The van der Waals surface area contributed by atoms with Gasteiger partial charge in [0.15, 0.2) is 5.96 Å². The van der Waals surface area contributed by atoms with Crippen LogP contribution in [0, 0.1) is 0 Å². The van der Waals surface area contributed by atoms with E-state index in [0.29, 0.717) is 12.4 Å². The summed E-state index contributed by atoms with van der Waals surface area (Å²) in [5, 5.41) is 8.59. The highest BCUT2D eigenvalue weighted by Crippen LogP contribution is 2.23. The Morgan fingerprint density at radius 1 is 1.36 bits per heavy atom. The molecular weight excluding hydrogens is 453 g/mol. The van der Waals surface area contributed by atoms with Crippen LogP contribution in [0.25, 0.3) is 10.8 Å². The molecule has 0 amide bonds. The van der Waals surface area contributed by atoms with Crippen molar-refractivity contribution in [1.29, 1.82) is 0 Å². The number of hydrogen-bond acceptors (Lipinski definition) is 6. The first kappa shape index (κ1) is 20.1. The number of rotatable bonds is 6. The third-order valence-corrected chi connectivity index (χ3v) is 4.63.